The zero-order valence-electron chi connectivity index (χ0n) is 11.9. The summed E-state index contributed by atoms with van der Waals surface area (Å²) < 4.78 is 6.22. The van der Waals surface area contributed by atoms with Crippen molar-refractivity contribution in [2.75, 3.05) is 5.75 Å². The van der Waals surface area contributed by atoms with Gasteiger partial charge in [-0.15, -0.1) is 11.8 Å². The molecule has 3 rings (SSSR count). The van der Waals surface area contributed by atoms with E-state index in [1.165, 1.54) is 43.4 Å². The van der Waals surface area contributed by atoms with E-state index in [1.807, 2.05) is 17.8 Å². The van der Waals surface area contributed by atoms with Gasteiger partial charge in [-0.25, -0.2) is 0 Å². The number of ether oxygens (including phenoxy) is 1. The average Bonchev–Trinajstić information content (AvgIpc) is 2.77. The smallest absolute Gasteiger partial charge is 0.133 e. The number of benzene rings is 1. The Kier molecular flexibility index (Phi) is 4.86. The number of hydrazine groups is 1. The van der Waals surface area contributed by atoms with E-state index < -0.39 is 0 Å². The van der Waals surface area contributed by atoms with E-state index in [4.69, 9.17) is 10.6 Å². The standard InChI is InChI=1S/C16H24N2OS/c17-18-16(12-7-3-1-2-4-8-12)14-11-20-15-10-6-5-9-13(15)19-14/h5-6,9-10,12,14,16,18H,1-4,7-8,11,17H2. The Morgan fingerprint density at radius 1 is 1.15 bits per heavy atom. The number of para-hydroxylation sites is 1. The van der Waals surface area contributed by atoms with Crippen molar-refractivity contribution in [2.45, 2.75) is 55.6 Å². The molecule has 2 atom stereocenters. The minimum atomic E-state index is 0.183. The van der Waals surface area contributed by atoms with Crippen LogP contribution in [-0.4, -0.2) is 17.9 Å². The summed E-state index contributed by atoms with van der Waals surface area (Å²) >= 11 is 1.89. The van der Waals surface area contributed by atoms with E-state index in [2.05, 4.69) is 23.6 Å². The van der Waals surface area contributed by atoms with Gasteiger partial charge in [0.1, 0.15) is 11.9 Å². The van der Waals surface area contributed by atoms with E-state index in [-0.39, 0.29) is 12.1 Å². The lowest BCUT2D eigenvalue weighted by molar-refractivity contribution is 0.125. The molecular weight excluding hydrogens is 268 g/mol. The third-order valence-corrected chi connectivity index (χ3v) is 5.67. The van der Waals surface area contributed by atoms with Gasteiger partial charge in [-0.05, 0) is 30.9 Å². The van der Waals surface area contributed by atoms with Crippen LogP contribution in [0.5, 0.6) is 5.75 Å². The highest BCUT2D eigenvalue weighted by atomic mass is 32.2. The highest BCUT2D eigenvalue weighted by Crippen LogP contribution is 2.38. The van der Waals surface area contributed by atoms with Crippen molar-refractivity contribution in [3.8, 4) is 5.75 Å². The fourth-order valence-electron chi connectivity index (χ4n) is 3.43. The molecule has 1 aromatic rings. The van der Waals surface area contributed by atoms with Gasteiger partial charge in [-0.1, -0.05) is 37.8 Å². The number of hydrogen-bond acceptors (Lipinski definition) is 4. The fourth-order valence-corrected chi connectivity index (χ4v) is 4.48. The van der Waals surface area contributed by atoms with Gasteiger partial charge in [0.25, 0.3) is 0 Å². The van der Waals surface area contributed by atoms with Crippen LogP contribution in [0.4, 0.5) is 0 Å². The highest BCUT2D eigenvalue weighted by molar-refractivity contribution is 7.99. The Hall–Kier alpha value is -0.710. The first-order valence-electron chi connectivity index (χ1n) is 7.73. The summed E-state index contributed by atoms with van der Waals surface area (Å²) in [5, 5.41) is 0. The summed E-state index contributed by atoms with van der Waals surface area (Å²) in [5.74, 6) is 8.52. The van der Waals surface area contributed by atoms with Crippen LogP contribution in [0.2, 0.25) is 0 Å². The molecule has 2 unspecified atom stereocenters. The normalized spacial score (nSPS) is 25.4. The molecule has 0 radical (unpaired) electrons. The van der Waals surface area contributed by atoms with Gasteiger partial charge in [0.05, 0.1) is 6.04 Å². The summed E-state index contributed by atoms with van der Waals surface area (Å²) in [6, 6.07) is 8.58. The summed E-state index contributed by atoms with van der Waals surface area (Å²) in [7, 11) is 0. The van der Waals surface area contributed by atoms with Gasteiger partial charge in [0.15, 0.2) is 0 Å². The van der Waals surface area contributed by atoms with Crippen molar-refractivity contribution in [2.24, 2.45) is 11.8 Å². The molecule has 4 heteroatoms. The maximum atomic E-state index is 6.22. The number of rotatable bonds is 3. The maximum Gasteiger partial charge on any atom is 0.133 e. The van der Waals surface area contributed by atoms with Crippen molar-refractivity contribution in [1.82, 2.24) is 5.43 Å². The molecule has 3 N–H and O–H groups in total. The predicted octanol–water partition coefficient (Wildman–Crippen LogP) is 3.34. The van der Waals surface area contributed by atoms with E-state index >= 15 is 0 Å². The van der Waals surface area contributed by atoms with Crippen molar-refractivity contribution < 1.29 is 4.74 Å². The second-order valence-corrected chi connectivity index (χ2v) is 6.92. The third kappa shape index (κ3) is 3.13. The SMILES string of the molecule is NNC(C1CCCCCC1)C1CSc2ccccc2O1. The molecule has 1 aliphatic carbocycles. The maximum absolute atomic E-state index is 6.22. The summed E-state index contributed by atoms with van der Waals surface area (Å²) in [5.41, 5.74) is 3.06. The van der Waals surface area contributed by atoms with Crippen LogP contribution < -0.4 is 16.0 Å². The Morgan fingerprint density at radius 2 is 1.90 bits per heavy atom. The number of fused-ring (bicyclic) bond motifs is 1. The molecule has 0 saturated heterocycles. The monoisotopic (exact) mass is 292 g/mol. The van der Waals surface area contributed by atoms with Crippen LogP contribution in [0, 0.1) is 5.92 Å². The molecule has 3 nitrogen and oxygen atoms in total. The van der Waals surface area contributed by atoms with Crippen molar-refractivity contribution in [1.29, 1.82) is 0 Å². The minimum absolute atomic E-state index is 0.183. The van der Waals surface area contributed by atoms with Crippen molar-refractivity contribution in [3.05, 3.63) is 24.3 Å². The van der Waals surface area contributed by atoms with E-state index in [1.54, 1.807) is 0 Å². The second-order valence-electron chi connectivity index (χ2n) is 5.86. The van der Waals surface area contributed by atoms with Gasteiger partial charge < -0.3 is 4.74 Å². The molecular formula is C16H24N2OS. The van der Waals surface area contributed by atoms with Crippen LogP contribution in [0.15, 0.2) is 29.2 Å². The molecule has 0 spiro atoms. The molecule has 0 aromatic heterocycles. The lowest BCUT2D eigenvalue weighted by Gasteiger charge is -2.35. The quantitative estimate of drug-likeness (QED) is 0.509. The van der Waals surface area contributed by atoms with Gasteiger partial charge in [0, 0.05) is 10.6 Å². The summed E-state index contributed by atoms with van der Waals surface area (Å²) in [6.45, 7) is 0. The van der Waals surface area contributed by atoms with Crippen LogP contribution in [0.1, 0.15) is 38.5 Å². The minimum Gasteiger partial charge on any atom is -0.487 e. The van der Waals surface area contributed by atoms with Crippen LogP contribution in [0.25, 0.3) is 0 Å². The predicted molar refractivity (Wildman–Crippen MR) is 83.9 cm³/mol. The molecule has 1 saturated carbocycles. The second kappa shape index (κ2) is 6.83. The van der Waals surface area contributed by atoms with Crippen LogP contribution in [-0.2, 0) is 0 Å². The molecule has 110 valence electrons. The Morgan fingerprint density at radius 3 is 2.65 bits per heavy atom. The first-order chi connectivity index (χ1) is 9.88. The fraction of sp³-hybridized carbons (Fsp3) is 0.625. The zero-order valence-corrected chi connectivity index (χ0v) is 12.7. The topological polar surface area (TPSA) is 47.3 Å². The summed E-state index contributed by atoms with van der Waals surface area (Å²) in [6.07, 6.45) is 8.15. The van der Waals surface area contributed by atoms with Crippen molar-refractivity contribution >= 4 is 11.8 Å². The lowest BCUT2D eigenvalue weighted by Crippen LogP contribution is -2.52. The molecule has 1 fully saturated rings. The van der Waals surface area contributed by atoms with Crippen LogP contribution in [0.3, 0.4) is 0 Å². The van der Waals surface area contributed by atoms with E-state index in [0.29, 0.717) is 5.92 Å². The van der Waals surface area contributed by atoms with Crippen molar-refractivity contribution in [3.63, 3.8) is 0 Å². The molecule has 0 bridgehead atoms. The lowest BCUT2D eigenvalue weighted by atomic mass is 9.89. The first kappa shape index (κ1) is 14.2. The molecule has 2 aliphatic rings. The highest BCUT2D eigenvalue weighted by Gasteiger charge is 2.33. The number of nitrogens with two attached hydrogens (primary N) is 1. The van der Waals surface area contributed by atoms with Gasteiger partial charge in [-0.2, -0.15) is 0 Å². The molecule has 1 aromatic carbocycles. The molecule has 1 aliphatic heterocycles. The number of hydrogen-bond donors (Lipinski definition) is 2. The number of nitrogens with one attached hydrogen (secondary N) is 1. The van der Waals surface area contributed by atoms with E-state index in [9.17, 15) is 0 Å². The van der Waals surface area contributed by atoms with Gasteiger partial charge in [-0.3, -0.25) is 11.3 Å². The third-order valence-electron chi connectivity index (χ3n) is 4.53. The van der Waals surface area contributed by atoms with Gasteiger partial charge >= 0.3 is 0 Å². The zero-order chi connectivity index (χ0) is 13.8. The number of thioether (sulfide) groups is 1. The largest absolute Gasteiger partial charge is 0.487 e. The van der Waals surface area contributed by atoms with Crippen LogP contribution >= 0.6 is 11.8 Å². The molecule has 20 heavy (non-hydrogen) atoms. The molecule has 0 amide bonds. The average molecular weight is 292 g/mol. The van der Waals surface area contributed by atoms with E-state index in [0.717, 1.165) is 11.5 Å². The molecule has 1 heterocycles. The van der Waals surface area contributed by atoms with Gasteiger partial charge in [0.2, 0.25) is 0 Å². The first-order valence-corrected chi connectivity index (χ1v) is 8.71. The summed E-state index contributed by atoms with van der Waals surface area (Å²) in [4.78, 5) is 1.25. The Labute approximate surface area is 125 Å². The Balaban J connectivity index is 1.70. The Bertz CT molecular complexity index is 432.